The van der Waals surface area contributed by atoms with Crippen LogP contribution in [0.25, 0.3) is 0 Å². The lowest BCUT2D eigenvalue weighted by Crippen LogP contribution is -2.55. The molecule has 0 aliphatic rings. The van der Waals surface area contributed by atoms with Crippen LogP contribution in [0.2, 0.25) is 0 Å². The van der Waals surface area contributed by atoms with Gasteiger partial charge in [0.25, 0.3) is 0 Å². The lowest BCUT2D eigenvalue weighted by atomic mass is 10.0. The van der Waals surface area contributed by atoms with Crippen molar-refractivity contribution in [2.75, 3.05) is 26.2 Å². The first-order valence-corrected chi connectivity index (χ1v) is 20.5. The Morgan fingerprint density at radius 1 is 0.673 bits per heavy atom. The maximum atomic E-state index is 13.5. The van der Waals surface area contributed by atoms with E-state index in [2.05, 4.69) is 33.4 Å². The van der Waals surface area contributed by atoms with E-state index < -0.39 is 12.1 Å². The highest BCUT2D eigenvalue weighted by atomic mass is 16.5. The van der Waals surface area contributed by atoms with Gasteiger partial charge in [-0.15, -0.1) is 0 Å². The Balaban J connectivity index is 1.30. The van der Waals surface area contributed by atoms with Gasteiger partial charge in [0.05, 0.1) is 13.2 Å². The third-order valence-corrected chi connectivity index (χ3v) is 9.59. The number of hydrogen-bond donors (Lipinski definition) is 5. The summed E-state index contributed by atoms with van der Waals surface area (Å²) in [6, 6.07) is 22.6. The summed E-state index contributed by atoms with van der Waals surface area (Å²) in [5.74, 6) is 0.0340. The third-order valence-electron chi connectivity index (χ3n) is 9.59. The molecule has 0 aliphatic heterocycles. The first-order valence-electron chi connectivity index (χ1n) is 20.5. The average Bonchev–Trinajstić information content (AvgIpc) is 3.20. The highest BCUT2D eigenvalue weighted by Crippen LogP contribution is 2.15. The number of aromatic hydroxyl groups is 1. The molecule has 0 unspecified atom stereocenters. The van der Waals surface area contributed by atoms with Gasteiger partial charge in [-0.05, 0) is 92.6 Å². The first kappa shape index (κ1) is 44.7. The standard InChI is InChI=1S/C45H64N4O6/c1-2-18-41(48-43(52)34-46-30-16-14-21-36-19-12-11-13-20-36)45(54)49-42(33-37-22-26-39(51)27-23-37)44(53)47-31-15-9-7-5-3-4-6-8-10-17-32-55-40-28-24-38(35-50)25-29-40/h11-13,19-20,22-29,35,41-42,46,51H,2-10,14-18,21,30-34H2,1H3,(H,47,53)(H,48,52)(H,49,54)/t41-,42-/m0/s1. The van der Waals surface area contributed by atoms with Crippen molar-refractivity contribution in [3.8, 4) is 11.5 Å². The van der Waals surface area contributed by atoms with Gasteiger partial charge in [0.2, 0.25) is 17.7 Å². The van der Waals surface area contributed by atoms with Gasteiger partial charge in [-0.3, -0.25) is 19.2 Å². The lowest BCUT2D eigenvalue weighted by Gasteiger charge is -2.23. The summed E-state index contributed by atoms with van der Waals surface area (Å²) >= 11 is 0. The summed E-state index contributed by atoms with van der Waals surface area (Å²) in [7, 11) is 0. The zero-order chi connectivity index (χ0) is 39.4. The van der Waals surface area contributed by atoms with Crippen LogP contribution in [0, 0.1) is 0 Å². The average molecular weight is 757 g/mol. The van der Waals surface area contributed by atoms with E-state index in [4.69, 9.17) is 4.74 Å². The second-order valence-electron chi connectivity index (χ2n) is 14.3. The third kappa shape index (κ3) is 20.0. The maximum absolute atomic E-state index is 13.5. The van der Waals surface area contributed by atoms with Gasteiger partial charge in [-0.25, -0.2) is 0 Å². The van der Waals surface area contributed by atoms with Gasteiger partial charge in [-0.1, -0.05) is 107 Å². The van der Waals surface area contributed by atoms with Crippen LogP contribution in [-0.2, 0) is 27.2 Å². The number of phenols is 1. The second-order valence-corrected chi connectivity index (χ2v) is 14.3. The molecule has 0 saturated carbocycles. The number of benzene rings is 3. The molecule has 0 bridgehead atoms. The molecule has 55 heavy (non-hydrogen) atoms. The number of carbonyl (C=O) groups excluding carboxylic acids is 4. The van der Waals surface area contributed by atoms with Crippen molar-refractivity contribution < 1.29 is 29.0 Å². The molecular weight excluding hydrogens is 693 g/mol. The van der Waals surface area contributed by atoms with Crippen LogP contribution < -0.4 is 26.0 Å². The number of rotatable bonds is 30. The zero-order valence-corrected chi connectivity index (χ0v) is 32.9. The molecule has 10 heteroatoms. The summed E-state index contributed by atoms with van der Waals surface area (Å²) in [5, 5.41) is 21.7. The van der Waals surface area contributed by atoms with Crippen LogP contribution in [0.15, 0.2) is 78.9 Å². The number of unbranched alkanes of at least 4 members (excludes halogenated alkanes) is 10. The normalized spacial score (nSPS) is 12.0. The number of amides is 3. The number of ether oxygens (including phenoxy) is 1. The number of aldehydes is 1. The van der Waals surface area contributed by atoms with E-state index in [0.717, 1.165) is 69.0 Å². The second kappa shape index (κ2) is 27.8. The Bertz CT molecular complexity index is 1500. The van der Waals surface area contributed by atoms with Crippen molar-refractivity contribution in [1.29, 1.82) is 0 Å². The zero-order valence-electron chi connectivity index (χ0n) is 32.9. The van der Waals surface area contributed by atoms with Crippen molar-refractivity contribution in [2.24, 2.45) is 0 Å². The predicted molar refractivity (Wildman–Crippen MR) is 219 cm³/mol. The molecule has 3 aromatic carbocycles. The molecule has 0 spiro atoms. The molecule has 0 saturated heterocycles. The molecule has 0 heterocycles. The Hall–Kier alpha value is -4.70. The minimum absolute atomic E-state index is 0.119. The highest BCUT2D eigenvalue weighted by molar-refractivity contribution is 5.92. The molecule has 0 aromatic heterocycles. The van der Waals surface area contributed by atoms with Crippen LogP contribution in [0.1, 0.15) is 118 Å². The van der Waals surface area contributed by atoms with Crippen LogP contribution in [-0.4, -0.2) is 67.4 Å². The highest BCUT2D eigenvalue weighted by Gasteiger charge is 2.26. The van der Waals surface area contributed by atoms with Crippen LogP contribution in [0.5, 0.6) is 11.5 Å². The maximum Gasteiger partial charge on any atom is 0.243 e. The molecule has 300 valence electrons. The quantitative estimate of drug-likeness (QED) is 0.0357. The van der Waals surface area contributed by atoms with Gasteiger partial charge in [0.1, 0.15) is 29.9 Å². The van der Waals surface area contributed by atoms with E-state index in [1.54, 1.807) is 36.4 Å². The van der Waals surface area contributed by atoms with Crippen molar-refractivity contribution in [3.63, 3.8) is 0 Å². The molecule has 0 fully saturated rings. The van der Waals surface area contributed by atoms with Crippen molar-refractivity contribution in [1.82, 2.24) is 21.3 Å². The summed E-state index contributed by atoms with van der Waals surface area (Å²) in [5.41, 5.74) is 2.76. The molecule has 3 aromatic rings. The van der Waals surface area contributed by atoms with Gasteiger partial charge >= 0.3 is 0 Å². The summed E-state index contributed by atoms with van der Waals surface area (Å²) in [6.45, 7) is 4.00. The fourth-order valence-corrected chi connectivity index (χ4v) is 6.39. The smallest absolute Gasteiger partial charge is 0.243 e. The molecule has 0 radical (unpaired) electrons. The van der Waals surface area contributed by atoms with Gasteiger partial charge in [0, 0.05) is 18.5 Å². The number of phenolic OH excluding ortho intramolecular Hbond substituents is 1. The van der Waals surface area contributed by atoms with Gasteiger partial charge in [-0.2, -0.15) is 0 Å². The summed E-state index contributed by atoms with van der Waals surface area (Å²) in [4.78, 5) is 50.4. The predicted octanol–water partition coefficient (Wildman–Crippen LogP) is 7.23. The van der Waals surface area contributed by atoms with Crippen LogP contribution in [0.3, 0.4) is 0 Å². The van der Waals surface area contributed by atoms with E-state index in [1.807, 2.05) is 37.3 Å². The van der Waals surface area contributed by atoms with Crippen molar-refractivity contribution >= 4 is 24.0 Å². The van der Waals surface area contributed by atoms with E-state index in [1.165, 1.54) is 37.7 Å². The Morgan fingerprint density at radius 2 is 1.31 bits per heavy atom. The minimum atomic E-state index is -0.822. The lowest BCUT2D eigenvalue weighted by molar-refractivity contribution is -0.132. The van der Waals surface area contributed by atoms with Crippen molar-refractivity contribution in [2.45, 2.75) is 122 Å². The molecule has 5 N–H and O–H groups in total. The van der Waals surface area contributed by atoms with Crippen molar-refractivity contribution in [3.05, 3.63) is 95.6 Å². The molecule has 0 aliphatic carbocycles. The fourth-order valence-electron chi connectivity index (χ4n) is 6.39. The number of aryl methyl sites for hydroxylation is 1. The summed E-state index contributed by atoms with van der Waals surface area (Å²) < 4.78 is 5.75. The Kier molecular flexibility index (Phi) is 22.6. The molecule has 2 atom stereocenters. The molecule has 3 rings (SSSR count). The van der Waals surface area contributed by atoms with E-state index in [9.17, 15) is 24.3 Å². The topological polar surface area (TPSA) is 146 Å². The molecule has 10 nitrogen and oxygen atoms in total. The van der Waals surface area contributed by atoms with Crippen LogP contribution >= 0.6 is 0 Å². The van der Waals surface area contributed by atoms with Gasteiger partial charge < -0.3 is 31.1 Å². The van der Waals surface area contributed by atoms with Gasteiger partial charge in [0.15, 0.2) is 0 Å². The Labute approximate surface area is 328 Å². The first-order chi connectivity index (χ1) is 26.9. The van der Waals surface area contributed by atoms with E-state index in [-0.39, 0.29) is 36.4 Å². The molecule has 3 amide bonds. The van der Waals surface area contributed by atoms with E-state index in [0.29, 0.717) is 38.1 Å². The number of nitrogens with one attached hydrogen (secondary N) is 4. The largest absolute Gasteiger partial charge is 0.508 e. The van der Waals surface area contributed by atoms with E-state index >= 15 is 0 Å². The minimum Gasteiger partial charge on any atom is -0.508 e. The summed E-state index contributed by atoms with van der Waals surface area (Å²) in [6.07, 6.45) is 16.3. The number of hydrogen-bond acceptors (Lipinski definition) is 7. The monoisotopic (exact) mass is 756 g/mol. The number of carbonyl (C=O) groups is 4. The Morgan fingerprint density at radius 3 is 1.96 bits per heavy atom. The van der Waals surface area contributed by atoms with Crippen LogP contribution in [0.4, 0.5) is 0 Å². The SMILES string of the molecule is CCC[C@H](NC(=O)CNCCCCc1ccccc1)C(=O)N[C@@H](Cc1ccc(O)cc1)C(=O)NCCCCCCCCCCCCOc1ccc(C=O)cc1. The molecular formula is C45H64N4O6. The fraction of sp³-hybridized carbons (Fsp3) is 0.511.